The number of aliphatic imine (C=N–C) groups is 1. The van der Waals surface area contributed by atoms with Gasteiger partial charge in [0.1, 0.15) is 6.34 Å². The van der Waals surface area contributed by atoms with Gasteiger partial charge in [-0.3, -0.25) is 30.8 Å². The Morgan fingerprint density at radius 1 is 1.24 bits per heavy atom. The van der Waals surface area contributed by atoms with Crippen LogP contribution in [-0.2, 0) is 0 Å². The van der Waals surface area contributed by atoms with E-state index >= 15 is 0 Å². The number of hydrogen-bond acceptors (Lipinski definition) is 4. The highest BCUT2D eigenvalue weighted by molar-refractivity contribution is 5.94. The number of nitro groups is 1. The van der Waals surface area contributed by atoms with E-state index in [9.17, 15) is 14.9 Å². The summed E-state index contributed by atoms with van der Waals surface area (Å²) in [6, 6.07) is 5.75. The molecule has 0 aromatic heterocycles. The zero-order valence-electron chi connectivity index (χ0n) is 11.6. The second-order valence-electron chi connectivity index (χ2n) is 4.97. The number of amides is 1. The summed E-state index contributed by atoms with van der Waals surface area (Å²) >= 11 is 0. The van der Waals surface area contributed by atoms with E-state index in [1.54, 1.807) is 0 Å². The van der Waals surface area contributed by atoms with Crippen LogP contribution in [0.4, 0.5) is 5.69 Å². The number of non-ortho nitro benzene ring substituents is 1. The van der Waals surface area contributed by atoms with Gasteiger partial charge in [-0.1, -0.05) is 19.3 Å². The summed E-state index contributed by atoms with van der Waals surface area (Å²) in [4.78, 5) is 26.1. The fraction of sp³-hybridized carbons (Fsp3) is 0.429. The number of nitro benzene ring substituents is 1. The van der Waals surface area contributed by atoms with Crippen LogP contribution in [0.25, 0.3) is 0 Å². The Labute approximate surface area is 122 Å². The van der Waals surface area contributed by atoms with E-state index in [2.05, 4.69) is 15.8 Å². The highest BCUT2D eigenvalue weighted by Crippen LogP contribution is 2.19. The molecule has 0 atom stereocenters. The van der Waals surface area contributed by atoms with Gasteiger partial charge in [0.15, 0.2) is 0 Å². The SMILES string of the molecule is O=C(NNC=NC1CCCCC1)c1ccc([N+](=O)[O-])cc1. The van der Waals surface area contributed by atoms with Crippen molar-refractivity contribution in [3.05, 3.63) is 39.9 Å². The molecule has 7 nitrogen and oxygen atoms in total. The molecule has 2 rings (SSSR count). The van der Waals surface area contributed by atoms with Crippen molar-refractivity contribution in [1.82, 2.24) is 10.9 Å². The zero-order valence-corrected chi connectivity index (χ0v) is 11.6. The van der Waals surface area contributed by atoms with Crippen LogP contribution >= 0.6 is 0 Å². The Kier molecular flexibility index (Phi) is 5.25. The summed E-state index contributed by atoms with van der Waals surface area (Å²) in [5.74, 6) is -0.361. The minimum Gasteiger partial charge on any atom is -0.288 e. The number of nitrogens with one attached hydrogen (secondary N) is 2. The van der Waals surface area contributed by atoms with Crippen molar-refractivity contribution in [2.24, 2.45) is 4.99 Å². The highest BCUT2D eigenvalue weighted by atomic mass is 16.6. The quantitative estimate of drug-likeness (QED) is 0.376. The van der Waals surface area contributed by atoms with E-state index in [4.69, 9.17) is 0 Å². The fourth-order valence-electron chi connectivity index (χ4n) is 2.28. The van der Waals surface area contributed by atoms with Crippen molar-refractivity contribution >= 4 is 17.9 Å². The number of rotatable bonds is 5. The lowest BCUT2D eigenvalue weighted by Crippen LogP contribution is -2.36. The average molecular weight is 290 g/mol. The molecule has 0 spiro atoms. The molecule has 1 saturated carbocycles. The molecule has 0 bridgehead atoms. The van der Waals surface area contributed by atoms with E-state index < -0.39 is 4.92 Å². The molecule has 0 aliphatic heterocycles. The van der Waals surface area contributed by atoms with Crippen LogP contribution in [0.5, 0.6) is 0 Å². The summed E-state index contributed by atoms with van der Waals surface area (Å²) in [6.45, 7) is 0. The Hall–Kier alpha value is -2.44. The molecule has 1 aliphatic carbocycles. The van der Waals surface area contributed by atoms with Crippen molar-refractivity contribution in [3.63, 3.8) is 0 Å². The maximum Gasteiger partial charge on any atom is 0.269 e. The van der Waals surface area contributed by atoms with E-state index in [0.717, 1.165) is 12.8 Å². The number of carbonyl (C=O) groups excluding carboxylic acids is 1. The van der Waals surface area contributed by atoms with Gasteiger partial charge in [0, 0.05) is 17.7 Å². The molecule has 1 amide bonds. The minimum atomic E-state index is -0.503. The largest absolute Gasteiger partial charge is 0.288 e. The Morgan fingerprint density at radius 2 is 1.90 bits per heavy atom. The first-order valence-corrected chi connectivity index (χ1v) is 6.99. The molecule has 0 heterocycles. The summed E-state index contributed by atoms with van der Waals surface area (Å²) in [6.07, 6.45) is 7.37. The summed E-state index contributed by atoms with van der Waals surface area (Å²) in [5.41, 5.74) is 5.43. The third-order valence-corrected chi connectivity index (χ3v) is 3.45. The third kappa shape index (κ3) is 4.55. The third-order valence-electron chi connectivity index (χ3n) is 3.45. The van der Waals surface area contributed by atoms with E-state index in [1.165, 1.54) is 49.9 Å². The number of nitrogens with zero attached hydrogens (tertiary/aromatic N) is 2. The maximum absolute atomic E-state index is 11.8. The molecule has 21 heavy (non-hydrogen) atoms. The highest BCUT2D eigenvalue weighted by Gasteiger charge is 2.11. The van der Waals surface area contributed by atoms with Gasteiger partial charge >= 0.3 is 0 Å². The van der Waals surface area contributed by atoms with Crippen molar-refractivity contribution in [2.75, 3.05) is 0 Å². The van der Waals surface area contributed by atoms with Gasteiger partial charge in [0.2, 0.25) is 0 Å². The zero-order chi connectivity index (χ0) is 15.1. The minimum absolute atomic E-state index is 0.0432. The lowest BCUT2D eigenvalue weighted by Gasteiger charge is -2.17. The smallest absolute Gasteiger partial charge is 0.269 e. The molecule has 1 aliphatic rings. The molecule has 0 unspecified atom stereocenters. The van der Waals surface area contributed by atoms with Gasteiger partial charge in [0.25, 0.3) is 11.6 Å². The van der Waals surface area contributed by atoms with E-state index in [-0.39, 0.29) is 11.6 Å². The van der Waals surface area contributed by atoms with E-state index in [0.29, 0.717) is 11.6 Å². The average Bonchev–Trinajstić information content (AvgIpc) is 2.52. The van der Waals surface area contributed by atoms with Gasteiger partial charge in [-0.05, 0) is 25.0 Å². The van der Waals surface area contributed by atoms with Gasteiger partial charge in [-0.15, -0.1) is 0 Å². The van der Waals surface area contributed by atoms with Crippen LogP contribution in [0.3, 0.4) is 0 Å². The monoisotopic (exact) mass is 290 g/mol. The van der Waals surface area contributed by atoms with Crippen LogP contribution in [0.2, 0.25) is 0 Å². The fourth-order valence-corrected chi connectivity index (χ4v) is 2.28. The molecule has 1 aromatic rings. The van der Waals surface area contributed by atoms with Crippen molar-refractivity contribution in [3.8, 4) is 0 Å². The van der Waals surface area contributed by atoms with Gasteiger partial charge in [0.05, 0.1) is 11.0 Å². The predicted octanol–water partition coefficient (Wildman–Crippen LogP) is 2.19. The number of benzene rings is 1. The number of carbonyl (C=O) groups is 1. The second-order valence-corrected chi connectivity index (χ2v) is 4.97. The topological polar surface area (TPSA) is 96.6 Å². The Morgan fingerprint density at radius 3 is 2.52 bits per heavy atom. The van der Waals surface area contributed by atoms with Crippen molar-refractivity contribution in [1.29, 1.82) is 0 Å². The van der Waals surface area contributed by atoms with Gasteiger partial charge < -0.3 is 0 Å². The molecule has 112 valence electrons. The summed E-state index contributed by atoms with van der Waals surface area (Å²) < 4.78 is 0. The molecule has 0 saturated heterocycles. The Balaban J connectivity index is 1.78. The standard InChI is InChI=1S/C14H18N4O3/c19-14(11-6-8-13(9-7-11)18(20)21)17-16-10-15-12-4-2-1-3-5-12/h6-10,12H,1-5H2,(H,15,16)(H,17,19). The first-order chi connectivity index (χ1) is 10.2. The van der Waals surface area contributed by atoms with Crippen molar-refractivity contribution in [2.45, 2.75) is 38.1 Å². The first kappa shape index (κ1) is 15.0. The maximum atomic E-state index is 11.8. The predicted molar refractivity (Wildman–Crippen MR) is 79.1 cm³/mol. The molecule has 1 fully saturated rings. The Bertz CT molecular complexity index is 522. The molecule has 1 aromatic carbocycles. The van der Waals surface area contributed by atoms with Crippen LogP contribution in [0.1, 0.15) is 42.5 Å². The van der Waals surface area contributed by atoms with Crippen LogP contribution in [-0.4, -0.2) is 23.2 Å². The van der Waals surface area contributed by atoms with Crippen LogP contribution in [0, 0.1) is 10.1 Å². The lowest BCUT2D eigenvalue weighted by molar-refractivity contribution is -0.384. The van der Waals surface area contributed by atoms with Crippen molar-refractivity contribution < 1.29 is 9.72 Å². The molecule has 2 N–H and O–H groups in total. The molecule has 7 heteroatoms. The van der Waals surface area contributed by atoms with Gasteiger partial charge in [-0.2, -0.15) is 0 Å². The second kappa shape index (κ2) is 7.37. The number of hydrogen-bond donors (Lipinski definition) is 2. The summed E-state index contributed by atoms with van der Waals surface area (Å²) in [5, 5.41) is 10.5. The lowest BCUT2D eigenvalue weighted by atomic mass is 9.96. The van der Waals surface area contributed by atoms with Crippen LogP contribution in [0.15, 0.2) is 29.3 Å². The normalized spacial score (nSPS) is 15.8. The number of hydrazine groups is 1. The van der Waals surface area contributed by atoms with Gasteiger partial charge in [-0.25, -0.2) is 0 Å². The van der Waals surface area contributed by atoms with Crippen LogP contribution < -0.4 is 10.9 Å². The molecule has 0 radical (unpaired) electrons. The molecular weight excluding hydrogens is 272 g/mol. The summed E-state index contributed by atoms with van der Waals surface area (Å²) in [7, 11) is 0. The van der Waals surface area contributed by atoms with E-state index in [1.807, 2.05) is 0 Å². The first-order valence-electron chi connectivity index (χ1n) is 6.99. The molecular formula is C14H18N4O3.